The van der Waals surface area contributed by atoms with E-state index in [2.05, 4.69) is 10.3 Å². The quantitative estimate of drug-likeness (QED) is 0.855. The van der Waals surface area contributed by atoms with E-state index in [1.807, 2.05) is 24.9 Å². The summed E-state index contributed by atoms with van der Waals surface area (Å²) >= 11 is 0. The number of ether oxygens (including phenoxy) is 1. The number of fused-ring (bicyclic) bond motifs is 1. The number of rotatable bonds is 4. The van der Waals surface area contributed by atoms with Crippen LogP contribution in [0.3, 0.4) is 0 Å². The maximum Gasteiger partial charge on any atom is 0.276 e. The van der Waals surface area contributed by atoms with Crippen LogP contribution in [0.4, 0.5) is 0 Å². The highest BCUT2D eigenvalue weighted by atomic mass is 16.5. The number of carbonyl (C=O) groups is 1. The van der Waals surface area contributed by atoms with E-state index < -0.39 is 0 Å². The average Bonchev–Trinajstić information content (AvgIpc) is 3.11. The third kappa shape index (κ3) is 2.52. The molecule has 118 valence electrons. The van der Waals surface area contributed by atoms with E-state index in [1.165, 1.54) is 5.56 Å². The van der Waals surface area contributed by atoms with E-state index in [-0.39, 0.29) is 11.9 Å². The molecule has 7 nitrogen and oxygen atoms in total. The number of amides is 1. The second-order valence-corrected chi connectivity index (χ2v) is 5.43. The molecule has 0 aromatic carbocycles. The molecule has 0 aliphatic carbocycles. The number of aromatic nitrogens is 3. The number of nitrogens with zero attached hydrogens (tertiary/aromatic N) is 4. The molecule has 1 aliphatic heterocycles. The monoisotopic (exact) mass is 304 g/mol. The summed E-state index contributed by atoms with van der Waals surface area (Å²) in [5.41, 5.74) is 2.55. The Labute approximate surface area is 128 Å². The summed E-state index contributed by atoms with van der Waals surface area (Å²) in [7, 11) is 1.89. The second kappa shape index (κ2) is 5.92. The summed E-state index contributed by atoms with van der Waals surface area (Å²) in [5, 5.41) is 8.16. The van der Waals surface area contributed by atoms with Gasteiger partial charge in [-0.15, -0.1) is 0 Å². The average molecular weight is 304 g/mol. The Hall–Kier alpha value is -2.15. The Kier molecular flexibility index (Phi) is 3.98. The molecule has 0 fully saturated rings. The summed E-state index contributed by atoms with van der Waals surface area (Å²) in [6.45, 7) is 5.40. The van der Waals surface area contributed by atoms with Crippen molar-refractivity contribution in [1.82, 2.24) is 19.8 Å². The molecular formula is C15H20N4O3. The zero-order valence-electron chi connectivity index (χ0n) is 13.1. The van der Waals surface area contributed by atoms with E-state index in [0.29, 0.717) is 31.2 Å². The molecule has 0 bridgehead atoms. The minimum Gasteiger partial charge on any atom is -0.379 e. The van der Waals surface area contributed by atoms with Gasteiger partial charge in [0.2, 0.25) is 0 Å². The van der Waals surface area contributed by atoms with Crippen LogP contribution in [-0.2, 0) is 18.2 Å². The van der Waals surface area contributed by atoms with Crippen LogP contribution in [0.1, 0.15) is 40.5 Å². The van der Waals surface area contributed by atoms with Gasteiger partial charge in [0.25, 0.3) is 5.91 Å². The van der Waals surface area contributed by atoms with Crippen LogP contribution in [0, 0.1) is 6.92 Å². The Morgan fingerprint density at radius 2 is 2.36 bits per heavy atom. The highest BCUT2D eigenvalue weighted by Crippen LogP contribution is 2.30. The topological polar surface area (TPSA) is 73.4 Å². The number of hydrogen-bond acceptors (Lipinski definition) is 5. The molecule has 0 radical (unpaired) electrons. The van der Waals surface area contributed by atoms with Crippen LogP contribution in [0.2, 0.25) is 0 Å². The summed E-state index contributed by atoms with van der Waals surface area (Å²) in [6, 6.07) is 1.51. The lowest BCUT2D eigenvalue weighted by atomic mass is 9.99. The fourth-order valence-electron chi connectivity index (χ4n) is 2.91. The Balaban J connectivity index is 1.92. The molecule has 22 heavy (non-hydrogen) atoms. The molecule has 0 saturated carbocycles. The number of carbonyl (C=O) groups excluding carboxylic acids is 1. The van der Waals surface area contributed by atoms with Gasteiger partial charge >= 0.3 is 0 Å². The van der Waals surface area contributed by atoms with Crippen LogP contribution >= 0.6 is 0 Å². The third-order valence-corrected chi connectivity index (χ3v) is 3.97. The van der Waals surface area contributed by atoms with Crippen LogP contribution < -0.4 is 0 Å². The molecule has 0 spiro atoms. The molecule has 0 N–H and O–H groups in total. The van der Waals surface area contributed by atoms with E-state index in [9.17, 15) is 4.79 Å². The lowest BCUT2D eigenvalue weighted by Gasteiger charge is -2.35. The van der Waals surface area contributed by atoms with Crippen LogP contribution in [0.25, 0.3) is 0 Å². The molecule has 2 aromatic heterocycles. The first-order valence-corrected chi connectivity index (χ1v) is 7.44. The van der Waals surface area contributed by atoms with Crippen LogP contribution in [-0.4, -0.2) is 45.5 Å². The molecule has 1 amide bonds. The number of hydrogen-bond donors (Lipinski definition) is 0. The van der Waals surface area contributed by atoms with Crippen molar-refractivity contribution >= 4 is 5.91 Å². The lowest BCUT2D eigenvalue weighted by molar-refractivity contribution is 0.0393. The molecule has 3 heterocycles. The van der Waals surface area contributed by atoms with E-state index >= 15 is 0 Å². The minimum atomic E-state index is -0.152. The number of aryl methyl sites for hydroxylation is 2. The van der Waals surface area contributed by atoms with Gasteiger partial charge in [-0.2, -0.15) is 5.10 Å². The van der Waals surface area contributed by atoms with Crippen molar-refractivity contribution in [3.63, 3.8) is 0 Å². The van der Waals surface area contributed by atoms with E-state index in [1.54, 1.807) is 17.9 Å². The van der Waals surface area contributed by atoms with Crippen molar-refractivity contribution in [1.29, 1.82) is 0 Å². The molecule has 7 heteroatoms. The smallest absolute Gasteiger partial charge is 0.276 e. The van der Waals surface area contributed by atoms with Gasteiger partial charge in [-0.25, -0.2) is 0 Å². The van der Waals surface area contributed by atoms with Crippen molar-refractivity contribution < 1.29 is 14.1 Å². The highest BCUT2D eigenvalue weighted by molar-refractivity contribution is 5.92. The van der Waals surface area contributed by atoms with Crippen molar-refractivity contribution in [2.45, 2.75) is 26.3 Å². The molecule has 3 rings (SSSR count). The van der Waals surface area contributed by atoms with Gasteiger partial charge in [0, 0.05) is 26.3 Å². The van der Waals surface area contributed by atoms with Gasteiger partial charge in [0.05, 0.1) is 24.5 Å². The van der Waals surface area contributed by atoms with Crippen molar-refractivity contribution in [3.05, 3.63) is 35.0 Å². The van der Waals surface area contributed by atoms with Crippen LogP contribution in [0.15, 0.2) is 16.8 Å². The van der Waals surface area contributed by atoms with Crippen molar-refractivity contribution in [2.24, 2.45) is 7.05 Å². The third-order valence-electron chi connectivity index (χ3n) is 3.97. The van der Waals surface area contributed by atoms with Crippen LogP contribution in [0.5, 0.6) is 0 Å². The van der Waals surface area contributed by atoms with Gasteiger partial charge < -0.3 is 14.2 Å². The first-order chi connectivity index (χ1) is 10.6. The predicted octanol–water partition coefficient (Wildman–Crippen LogP) is 1.49. The van der Waals surface area contributed by atoms with Gasteiger partial charge in [-0.05, 0) is 25.8 Å². The summed E-state index contributed by atoms with van der Waals surface area (Å²) in [5.74, 6) is 0.497. The summed E-state index contributed by atoms with van der Waals surface area (Å²) in [6.07, 6.45) is 2.66. The zero-order chi connectivity index (χ0) is 15.7. The van der Waals surface area contributed by atoms with Gasteiger partial charge in [0.15, 0.2) is 5.69 Å². The second-order valence-electron chi connectivity index (χ2n) is 5.43. The van der Waals surface area contributed by atoms with E-state index in [4.69, 9.17) is 9.26 Å². The molecule has 1 unspecified atom stereocenters. The standard InChI is InChI=1S/C15H20N4O3/c1-4-21-9-13-14-11(8-16-18(14)3)5-6-19(13)15(20)12-7-10(2)22-17-12/h7-8,13H,4-6,9H2,1-3H3. The maximum absolute atomic E-state index is 12.7. The lowest BCUT2D eigenvalue weighted by Crippen LogP contribution is -2.42. The fourth-order valence-corrected chi connectivity index (χ4v) is 2.91. The van der Waals surface area contributed by atoms with Gasteiger partial charge in [-0.3, -0.25) is 9.48 Å². The van der Waals surface area contributed by atoms with Crippen molar-refractivity contribution in [3.8, 4) is 0 Å². The first kappa shape index (κ1) is 14.8. The predicted molar refractivity (Wildman–Crippen MR) is 78.4 cm³/mol. The fraction of sp³-hybridized carbons (Fsp3) is 0.533. The summed E-state index contributed by atoms with van der Waals surface area (Å²) in [4.78, 5) is 14.6. The van der Waals surface area contributed by atoms with E-state index in [0.717, 1.165) is 12.1 Å². The highest BCUT2D eigenvalue weighted by Gasteiger charge is 2.35. The molecule has 1 atom stereocenters. The molecular weight excluding hydrogens is 284 g/mol. The SMILES string of the molecule is CCOCC1c2c(cnn2C)CCN1C(=O)c1cc(C)on1. The minimum absolute atomic E-state index is 0.131. The Morgan fingerprint density at radius 3 is 3.05 bits per heavy atom. The maximum atomic E-state index is 12.7. The Bertz CT molecular complexity index is 676. The first-order valence-electron chi connectivity index (χ1n) is 7.44. The Morgan fingerprint density at radius 1 is 1.55 bits per heavy atom. The zero-order valence-corrected chi connectivity index (χ0v) is 13.1. The van der Waals surface area contributed by atoms with Gasteiger partial charge in [-0.1, -0.05) is 5.16 Å². The van der Waals surface area contributed by atoms with Gasteiger partial charge in [0.1, 0.15) is 5.76 Å². The molecule has 1 aliphatic rings. The largest absolute Gasteiger partial charge is 0.379 e. The molecule has 0 saturated heterocycles. The normalized spacial score (nSPS) is 17.6. The molecule has 2 aromatic rings. The van der Waals surface area contributed by atoms with Crippen molar-refractivity contribution in [2.75, 3.05) is 19.8 Å². The summed E-state index contributed by atoms with van der Waals surface area (Å²) < 4.78 is 12.4.